The first kappa shape index (κ1) is 22.9. The van der Waals surface area contributed by atoms with Crippen molar-refractivity contribution in [3.63, 3.8) is 0 Å². The quantitative estimate of drug-likeness (QED) is 0.387. The molecule has 0 radical (unpaired) electrons. The zero-order valence-electron chi connectivity index (χ0n) is 18.7. The van der Waals surface area contributed by atoms with Crippen molar-refractivity contribution in [1.29, 1.82) is 0 Å². The van der Waals surface area contributed by atoms with E-state index in [2.05, 4.69) is 33.0 Å². The lowest BCUT2D eigenvalue weighted by molar-refractivity contribution is -0.115. The van der Waals surface area contributed by atoms with Crippen molar-refractivity contribution in [2.75, 3.05) is 0 Å². The number of carbonyl (C=O) groups excluding carboxylic acids is 1. The Morgan fingerprint density at radius 3 is 2.25 bits per heavy atom. The molecule has 0 spiro atoms. The second kappa shape index (κ2) is 7.66. The average molecular weight is 474 g/mol. The first-order chi connectivity index (χ1) is 14.8. The molecule has 2 aromatic rings. The summed E-state index contributed by atoms with van der Waals surface area (Å²) in [7, 11) is 0. The first-order valence-corrected chi connectivity index (χ1v) is 11.7. The predicted octanol–water partition coefficient (Wildman–Crippen LogP) is 6.48. The van der Waals surface area contributed by atoms with E-state index in [4.69, 9.17) is 12.2 Å². The molecule has 1 fully saturated rings. The standard InChI is InChI=1S/C25H25F2NO2S2/c1-12-8-15-16(25(4,5)7-6-24(15,2)3)11-14(12)19-20(27)13(9-17(26)21(19)29)10-18-22(30)28-23(31)32-18/h8-11,29H,6-7H2,1-5H3,(H,28,30,31)/b18-10-. The van der Waals surface area contributed by atoms with E-state index in [-0.39, 0.29) is 31.2 Å². The van der Waals surface area contributed by atoms with Gasteiger partial charge in [-0.1, -0.05) is 57.7 Å². The first-order valence-electron chi connectivity index (χ1n) is 10.4. The van der Waals surface area contributed by atoms with Crippen LogP contribution < -0.4 is 5.32 Å². The van der Waals surface area contributed by atoms with Gasteiger partial charge in [0.2, 0.25) is 0 Å². The highest BCUT2D eigenvalue weighted by Gasteiger charge is 2.38. The molecule has 1 aliphatic heterocycles. The number of carbonyl (C=O) groups is 1. The summed E-state index contributed by atoms with van der Waals surface area (Å²) in [5, 5.41) is 13.0. The molecule has 1 aliphatic carbocycles. The number of phenolic OH excluding ortho intramolecular Hbond substituents is 1. The molecule has 168 valence electrons. The van der Waals surface area contributed by atoms with E-state index in [0.29, 0.717) is 5.56 Å². The van der Waals surface area contributed by atoms with Crippen LogP contribution in [-0.4, -0.2) is 15.3 Å². The molecule has 0 bridgehead atoms. The molecule has 0 aromatic heterocycles. The molecule has 2 aromatic carbocycles. The van der Waals surface area contributed by atoms with Gasteiger partial charge in [0.15, 0.2) is 11.6 Å². The van der Waals surface area contributed by atoms with Crippen molar-refractivity contribution < 1.29 is 18.7 Å². The number of phenols is 1. The molecule has 2 aliphatic rings. The zero-order valence-corrected chi connectivity index (χ0v) is 20.3. The molecule has 0 saturated carbocycles. The van der Waals surface area contributed by atoms with Crippen LogP contribution in [0.3, 0.4) is 0 Å². The summed E-state index contributed by atoms with van der Waals surface area (Å²) in [6.45, 7) is 10.5. The molecule has 4 rings (SSSR count). The van der Waals surface area contributed by atoms with Crippen LogP contribution in [0.25, 0.3) is 17.2 Å². The van der Waals surface area contributed by atoms with Crippen LogP contribution in [0.5, 0.6) is 5.75 Å². The third-order valence-electron chi connectivity index (χ3n) is 6.61. The van der Waals surface area contributed by atoms with E-state index in [9.17, 15) is 14.3 Å². The van der Waals surface area contributed by atoms with Crippen molar-refractivity contribution in [3.05, 3.63) is 57.0 Å². The molecule has 1 amide bonds. The lowest BCUT2D eigenvalue weighted by Crippen LogP contribution is -2.34. The second-order valence-electron chi connectivity index (χ2n) is 9.82. The number of halogens is 2. The van der Waals surface area contributed by atoms with Crippen LogP contribution in [0, 0.1) is 18.6 Å². The smallest absolute Gasteiger partial charge is 0.263 e. The van der Waals surface area contributed by atoms with Crippen LogP contribution in [-0.2, 0) is 15.6 Å². The minimum atomic E-state index is -0.948. The number of nitrogens with one attached hydrogen (secondary N) is 1. The second-order valence-corrected chi connectivity index (χ2v) is 11.5. The van der Waals surface area contributed by atoms with E-state index in [0.717, 1.165) is 41.8 Å². The van der Waals surface area contributed by atoms with Gasteiger partial charge in [-0.25, -0.2) is 8.78 Å². The Morgan fingerprint density at radius 2 is 1.69 bits per heavy atom. The number of thiocarbonyl (C=S) groups is 1. The van der Waals surface area contributed by atoms with Crippen molar-refractivity contribution in [2.45, 2.75) is 58.3 Å². The van der Waals surface area contributed by atoms with Crippen LogP contribution in [0.1, 0.15) is 62.8 Å². The Hall–Kier alpha value is -2.25. The van der Waals surface area contributed by atoms with E-state index in [1.807, 2.05) is 19.1 Å². The van der Waals surface area contributed by atoms with Crippen LogP contribution in [0.4, 0.5) is 8.78 Å². The summed E-state index contributed by atoms with van der Waals surface area (Å²) in [4.78, 5) is 12.2. The summed E-state index contributed by atoms with van der Waals surface area (Å²) in [5.74, 6) is -2.92. The van der Waals surface area contributed by atoms with Crippen molar-refractivity contribution >= 4 is 40.3 Å². The number of benzene rings is 2. The molecule has 3 nitrogen and oxygen atoms in total. The number of aromatic hydroxyl groups is 1. The van der Waals surface area contributed by atoms with Crippen LogP contribution in [0.2, 0.25) is 0 Å². The molecule has 0 atom stereocenters. The third kappa shape index (κ3) is 3.75. The monoisotopic (exact) mass is 473 g/mol. The van der Waals surface area contributed by atoms with E-state index in [1.165, 1.54) is 11.6 Å². The minimum absolute atomic E-state index is 0.0300. The molecular weight excluding hydrogens is 448 g/mol. The van der Waals surface area contributed by atoms with Gasteiger partial charge in [0.25, 0.3) is 5.91 Å². The summed E-state index contributed by atoms with van der Waals surface area (Å²) in [6, 6.07) is 4.83. The van der Waals surface area contributed by atoms with Gasteiger partial charge in [0.1, 0.15) is 10.1 Å². The van der Waals surface area contributed by atoms with Gasteiger partial charge in [-0.15, -0.1) is 0 Å². The zero-order chi connectivity index (χ0) is 23.6. The fourth-order valence-corrected chi connectivity index (χ4v) is 5.58. The van der Waals surface area contributed by atoms with Gasteiger partial charge < -0.3 is 10.4 Å². The number of hydrogen-bond acceptors (Lipinski definition) is 4. The SMILES string of the molecule is Cc1cc2c(cc1-c1c(O)c(F)cc(/C=C3\SC(=S)NC3=O)c1F)C(C)(C)CCC2(C)C. The highest BCUT2D eigenvalue weighted by Crippen LogP contribution is 2.49. The summed E-state index contributed by atoms with van der Waals surface area (Å²) in [6.07, 6.45) is 3.27. The Labute approximate surface area is 196 Å². The van der Waals surface area contributed by atoms with Gasteiger partial charge in [-0.3, -0.25) is 4.79 Å². The predicted molar refractivity (Wildman–Crippen MR) is 130 cm³/mol. The van der Waals surface area contributed by atoms with Gasteiger partial charge in [0, 0.05) is 5.56 Å². The van der Waals surface area contributed by atoms with Crippen molar-refractivity contribution in [3.8, 4) is 16.9 Å². The summed E-state index contributed by atoms with van der Waals surface area (Å²) >= 11 is 5.96. The number of hydrogen-bond donors (Lipinski definition) is 2. The van der Waals surface area contributed by atoms with E-state index >= 15 is 4.39 Å². The van der Waals surface area contributed by atoms with Crippen LogP contribution >= 0.6 is 24.0 Å². The van der Waals surface area contributed by atoms with Gasteiger partial charge >= 0.3 is 0 Å². The van der Waals surface area contributed by atoms with Crippen molar-refractivity contribution in [1.82, 2.24) is 5.32 Å². The van der Waals surface area contributed by atoms with Crippen molar-refractivity contribution in [2.24, 2.45) is 0 Å². The lowest BCUT2D eigenvalue weighted by atomic mass is 9.62. The van der Waals surface area contributed by atoms with Gasteiger partial charge in [-0.2, -0.15) is 0 Å². The third-order valence-corrected chi connectivity index (χ3v) is 7.78. The normalized spacial score (nSPS) is 20.4. The number of amides is 1. The summed E-state index contributed by atoms with van der Waals surface area (Å²) in [5.41, 5.74) is 3.00. The van der Waals surface area contributed by atoms with E-state index in [1.54, 1.807) is 0 Å². The molecule has 0 unspecified atom stereocenters. The maximum absolute atomic E-state index is 15.7. The number of thioether (sulfide) groups is 1. The van der Waals surface area contributed by atoms with E-state index < -0.39 is 23.3 Å². The molecule has 2 N–H and O–H groups in total. The fourth-order valence-electron chi connectivity index (χ4n) is 4.54. The summed E-state index contributed by atoms with van der Waals surface area (Å²) < 4.78 is 30.7. The fraction of sp³-hybridized carbons (Fsp3) is 0.360. The Kier molecular flexibility index (Phi) is 5.49. The molecule has 1 heterocycles. The Morgan fingerprint density at radius 1 is 1.09 bits per heavy atom. The van der Waals surface area contributed by atoms with Gasteiger partial charge in [-0.05, 0) is 71.1 Å². The van der Waals surface area contributed by atoms with Crippen LogP contribution in [0.15, 0.2) is 23.1 Å². The van der Waals surface area contributed by atoms with Gasteiger partial charge in [0.05, 0.1) is 10.5 Å². The topological polar surface area (TPSA) is 49.3 Å². The number of fused-ring (bicyclic) bond motifs is 1. The molecular formula is C25H25F2NO2S2. The molecule has 1 saturated heterocycles. The highest BCUT2D eigenvalue weighted by molar-refractivity contribution is 8.26. The maximum atomic E-state index is 15.7. The largest absolute Gasteiger partial charge is 0.504 e. The minimum Gasteiger partial charge on any atom is -0.504 e. The molecule has 7 heteroatoms. The maximum Gasteiger partial charge on any atom is 0.263 e. The highest BCUT2D eigenvalue weighted by atomic mass is 32.2. The Bertz CT molecular complexity index is 1220. The average Bonchev–Trinajstić information content (AvgIpc) is 3.01. The Balaban J connectivity index is 1.95. The number of aryl methyl sites for hydroxylation is 1. The molecule has 32 heavy (non-hydrogen) atoms. The number of rotatable bonds is 2. The lowest BCUT2D eigenvalue weighted by Gasteiger charge is -2.42.